The highest BCUT2D eigenvalue weighted by molar-refractivity contribution is 5.53. The lowest BCUT2D eigenvalue weighted by molar-refractivity contribution is 0.405. The Morgan fingerprint density at radius 1 is 1.38 bits per heavy atom. The van der Waals surface area contributed by atoms with Crippen LogP contribution in [0.2, 0.25) is 0 Å². The van der Waals surface area contributed by atoms with Crippen LogP contribution in [0.4, 0.5) is 4.39 Å². The first-order valence-electron chi connectivity index (χ1n) is 3.67. The predicted molar refractivity (Wildman–Crippen MR) is 44.2 cm³/mol. The maximum Gasteiger partial charge on any atom is 0.227 e. The quantitative estimate of drug-likeness (QED) is 0.669. The molecule has 0 aliphatic rings. The highest BCUT2D eigenvalue weighted by Gasteiger charge is 2.05. The fourth-order valence-corrected chi connectivity index (χ4v) is 1.000. The van der Waals surface area contributed by atoms with Crippen molar-refractivity contribution in [2.45, 2.75) is 0 Å². The van der Waals surface area contributed by atoms with Crippen LogP contribution < -0.4 is 0 Å². The number of rotatable bonds is 1. The van der Waals surface area contributed by atoms with Crippen molar-refractivity contribution in [3.05, 3.63) is 42.9 Å². The van der Waals surface area contributed by atoms with Crippen LogP contribution >= 0.6 is 0 Å². The van der Waals surface area contributed by atoms with Crippen molar-refractivity contribution in [2.75, 3.05) is 0 Å². The van der Waals surface area contributed by atoms with E-state index in [1.54, 1.807) is 12.1 Å². The SMILES string of the molecule is [CH2]c1nc(-c2cccc(F)c2)no1. The number of aromatic nitrogens is 2. The van der Waals surface area contributed by atoms with E-state index in [4.69, 9.17) is 0 Å². The summed E-state index contributed by atoms with van der Waals surface area (Å²) < 4.78 is 17.4. The van der Waals surface area contributed by atoms with Gasteiger partial charge in [0.1, 0.15) is 5.82 Å². The van der Waals surface area contributed by atoms with Crippen molar-refractivity contribution in [3.8, 4) is 11.4 Å². The van der Waals surface area contributed by atoms with E-state index in [0.29, 0.717) is 11.4 Å². The Morgan fingerprint density at radius 2 is 2.23 bits per heavy atom. The van der Waals surface area contributed by atoms with Crippen molar-refractivity contribution >= 4 is 0 Å². The number of benzene rings is 1. The molecule has 0 unspecified atom stereocenters. The van der Waals surface area contributed by atoms with E-state index in [9.17, 15) is 4.39 Å². The number of nitrogens with zero attached hydrogens (tertiary/aromatic N) is 2. The second kappa shape index (κ2) is 2.97. The molecule has 2 rings (SSSR count). The van der Waals surface area contributed by atoms with Crippen LogP contribution in [0.15, 0.2) is 28.8 Å². The predicted octanol–water partition coefficient (Wildman–Crippen LogP) is 2.06. The Labute approximate surface area is 74.2 Å². The van der Waals surface area contributed by atoms with Crippen LogP contribution in [0.25, 0.3) is 11.4 Å². The summed E-state index contributed by atoms with van der Waals surface area (Å²) in [6, 6.07) is 5.98. The third-order valence-electron chi connectivity index (χ3n) is 1.55. The molecular formula is C9H6FN2O. The van der Waals surface area contributed by atoms with Gasteiger partial charge in [-0.25, -0.2) is 4.39 Å². The summed E-state index contributed by atoms with van der Waals surface area (Å²) in [6.07, 6.45) is 0. The minimum atomic E-state index is -0.326. The molecule has 3 nitrogen and oxygen atoms in total. The lowest BCUT2D eigenvalue weighted by Crippen LogP contribution is -1.81. The van der Waals surface area contributed by atoms with Gasteiger partial charge in [-0.3, -0.25) is 0 Å². The summed E-state index contributed by atoms with van der Waals surface area (Å²) in [5.74, 6) is 0.247. The summed E-state index contributed by atoms with van der Waals surface area (Å²) in [7, 11) is 0. The van der Waals surface area contributed by atoms with Gasteiger partial charge in [0.25, 0.3) is 0 Å². The molecular weight excluding hydrogens is 171 g/mol. The summed E-state index contributed by atoms with van der Waals surface area (Å²) in [6.45, 7) is 3.46. The van der Waals surface area contributed by atoms with Gasteiger partial charge in [-0.15, -0.1) is 0 Å². The molecule has 1 aromatic heterocycles. The van der Waals surface area contributed by atoms with Crippen LogP contribution in [0.3, 0.4) is 0 Å². The standard InChI is InChI=1S/C9H6FN2O/c1-6-11-9(12-13-6)7-3-2-4-8(10)5-7/h2-5H,1H2. The molecule has 13 heavy (non-hydrogen) atoms. The lowest BCUT2D eigenvalue weighted by Gasteiger charge is -1.92. The third kappa shape index (κ3) is 1.56. The smallest absolute Gasteiger partial charge is 0.227 e. The average molecular weight is 177 g/mol. The van der Waals surface area contributed by atoms with E-state index in [-0.39, 0.29) is 11.7 Å². The monoisotopic (exact) mass is 177 g/mol. The minimum Gasteiger partial charge on any atom is -0.339 e. The van der Waals surface area contributed by atoms with Crippen LogP contribution in [-0.2, 0) is 0 Å². The van der Waals surface area contributed by atoms with Crippen molar-refractivity contribution in [2.24, 2.45) is 0 Å². The summed E-state index contributed by atoms with van der Waals surface area (Å²) in [5, 5.41) is 3.61. The molecule has 0 aliphatic carbocycles. The van der Waals surface area contributed by atoms with E-state index in [2.05, 4.69) is 21.6 Å². The maximum absolute atomic E-state index is 12.8. The zero-order valence-corrected chi connectivity index (χ0v) is 6.70. The molecule has 0 fully saturated rings. The first-order chi connectivity index (χ1) is 6.25. The van der Waals surface area contributed by atoms with Crippen LogP contribution in [0.5, 0.6) is 0 Å². The van der Waals surface area contributed by atoms with Crippen molar-refractivity contribution in [1.82, 2.24) is 10.1 Å². The summed E-state index contributed by atoms with van der Waals surface area (Å²) in [5.41, 5.74) is 0.582. The molecule has 0 N–H and O–H groups in total. The van der Waals surface area contributed by atoms with Crippen molar-refractivity contribution < 1.29 is 8.91 Å². The van der Waals surface area contributed by atoms with E-state index in [0.717, 1.165) is 0 Å². The molecule has 0 spiro atoms. The van der Waals surface area contributed by atoms with E-state index in [1.807, 2.05) is 0 Å². The van der Waals surface area contributed by atoms with E-state index >= 15 is 0 Å². The molecule has 1 radical (unpaired) electrons. The van der Waals surface area contributed by atoms with Crippen LogP contribution in [-0.4, -0.2) is 10.1 Å². The topological polar surface area (TPSA) is 38.9 Å². The largest absolute Gasteiger partial charge is 0.339 e. The number of hydrogen-bond donors (Lipinski definition) is 0. The average Bonchev–Trinajstić information content (AvgIpc) is 2.52. The summed E-state index contributed by atoms with van der Waals surface area (Å²) in [4.78, 5) is 3.87. The Balaban J connectivity index is 2.46. The van der Waals surface area contributed by atoms with Gasteiger partial charge in [0, 0.05) is 12.5 Å². The molecule has 4 heteroatoms. The van der Waals surface area contributed by atoms with Gasteiger partial charge < -0.3 is 4.52 Å². The van der Waals surface area contributed by atoms with Gasteiger partial charge in [0.15, 0.2) is 0 Å². The maximum atomic E-state index is 12.8. The lowest BCUT2D eigenvalue weighted by atomic mass is 10.2. The molecule has 65 valence electrons. The Hall–Kier alpha value is -1.71. The molecule has 0 atom stereocenters. The molecule has 2 aromatic rings. The van der Waals surface area contributed by atoms with Crippen molar-refractivity contribution in [1.29, 1.82) is 0 Å². The molecule has 1 aromatic carbocycles. The van der Waals surface area contributed by atoms with Gasteiger partial charge in [0.05, 0.1) is 0 Å². The highest BCUT2D eigenvalue weighted by Crippen LogP contribution is 2.15. The molecule has 0 saturated carbocycles. The fraction of sp³-hybridized carbons (Fsp3) is 0. The Kier molecular flexibility index (Phi) is 1.81. The molecule has 1 heterocycles. The van der Waals surface area contributed by atoms with E-state index < -0.39 is 0 Å². The first-order valence-corrected chi connectivity index (χ1v) is 3.67. The van der Waals surface area contributed by atoms with Gasteiger partial charge >= 0.3 is 0 Å². The van der Waals surface area contributed by atoms with E-state index in [1.165, 1.54) is 12.1 Å². The number of hydrogen-bond acceptors (Lipinski definition) is 3. The van der Waals surface area contributed by atoms with Gasteiger partial charge in [-0.05, 0) is 12.1 Å². The summed E-state index contributed by atoms with van der Waals surface area (Å²) >= 11 is 0. The third-order valence-corrected chi connectivity index (χ3v) is 1.55. The fourth-order valence-electron chi connectivity index (χ4n) is 1.000. The Morgan fingerprint density at radius 3 is 2.85 bits per heavy atom. The molecule has 0 bridgehead atoms. The minimum absolute atomic E-state index is 0.222. The van der Waals surface area contributed by atoms with Crippen molar-refractivity contribution in [3.63, 3.8) is 0 Å². The number of halogens is 1. The second-order valence-electron chi connectivity index (χ2n) is 2.52. The zero-order valence-electron chi connectivity index (χ0n) is 6.70. The second-order valence-corrected chi connectivity index (χ2v) is 2.52. The zero-order chi connectivity index (χ0) is 9.26. The van der Waals surface area contributed by atoms with Gasteiger partial charge in [-0.1, -0.05) is 17.3 Å². The normalized spacial score (nSPS) is 10.3. The Bertz CT molecular complexity index is 425. The first kappa shape index (κ1) is 7.91. The molecule has 0 saturated heterocycles. The van der Waals surface area contributed by atoms with Gasteiger partial charge in [0.2, 0.25) is 11.7 Å². The van der Waals surface area contributed by atoms with Gasteiger partial charge in [-0.2, -0.15) is 4.98 Å². The van der Waals surface area contributed by atoms with Crippen LogP contribution in [0.1, 0.15) is 5.89 Å². The molecule has 0 aliphatic heterocycles. The highest BCUT2D eigenvalue weighted by atomic mass is 19.1. The van der Waals surface area contributed by atoms with Crippen LogP contribution in [0, 0.1) is 12.7 Å². The molecule has 0 amide bonds.